The van der Waals surface area contributed by atoms with E-state index >= 15 is 0 Å². The molecule has 0 aliphatic carbocycles. The fraction of sp³-hybridized carbons (Fsp3) is 0.600. The maximum absolute atomic E-state index is 12.6. The number of alkyl halides is 1. The van der Waals surface area contributed by atoms with E-state index in [1.165, 1.54) is 12.4 Å². The van der Waals surface area contributed by atoms with E-state index in [1.807, 2.05) is 0 Å². The molecule has 82 valence electrons. The van der Waals surface area contributed by atoms with Gasteiger partial charge in [0.2, 0.25) is 5.95 Å². The molecule has 15 heavy (non-hydrogen) atoms. The number of piperidine rings is 1. The molecule has 1 fully saturated rings. The number of nitrogens with zero attached hydrogens (tertiary/aromatic N) is 3. The van der Waals surface area contributed by atoms with Crippen molar-refractivity contribution in [3.8, 4) is 0 Å². The maximum Gasteiger partial charge on any atom is 0.225 e. The van der Waals surface area contributed by atoms with Gasteiger partial charge in [0.15, 0.2) is 5.82 Å². The normalized spacial score (nSPS) is 26.7. The molecule has 1 saturated heterocycles. The van der Waals surface area contributed by atoms with Gasteiger partial charge in [-0.3, -0.25) is 0 Å². The molecule has 2 rings (SSSR count). The van der Waals surface area contributed by atoms with E-state index < -0.39 is 0 Å². The van der Waals surface area contributed by atoms with Crippen LogP contribution in [-0.2, 0) is 0 Å². The Hall–Kier alpha value is -0.710. The predicted molar refractivity (Wildman–Crippen MR) is 60.7 cm³/mol. The molecule has 1 aromatic rings. The lowest BCUT2D eigenvalue weighted by molar-refractivity contribution is 0.460. The van der Waals surface area contributed by atoms with Gasteiger partial charge in [0, 0.05) is 17.9 Å². The predicted octanol–water partition coefficient (Wildman–Crippen LogP) is 2.23. The first-order valence-corrected chi connectivity index (χ1v) is 5.95. The second-order valence-electron chi connectivity index (χ2n) is 3.93. The molecule has 0 aromatic carbocycles. The molecule has 0 amide bonds. The fourth-order valence-electron chi connectivity index (χ4n) is 1.77. The first-order chi connectivity index (χ1) is 7.16. The number of anilines is 1. The largest absolute Gasteiger partial charge is 0.340 e. The third-order valence-corrected chi connectivity index (χ3v) is 4.05. The van der Waals surface area contributed by atoms with Crippen molar-refractivity contribution in [2.45, 2.75) is 18.2 Å². The molecule has 2 heterocycles. The zero-order valence-corrected chi connectivity index (χ0v) is 10.1. The molecule has 0 N–H and O–H groups in total. The van der Waals surface area contributed by atoms with E-state index in [2.05, 4.69) is 37.7 Å². The number of aromatic nitrogens is 2. The summed E-state index contributed by atoms with van der Waals surface area (Å²) in [6.07, 6.45) is 3.50. The van der Waals surface area contributed by atoms with Crippen LogP contribution in [-0.4, -0.2) is 27.9 Å². The second kappa shape index (κ2) is 4.43. The minimum absolute atomic E-state index is 0.387. The Morgan fingerprint density at radius 2 is 2.13 bits per heavy atom. The van der Waals surface area contributed by atoms with Gasteiger partial charge in [0.25, 0.3) is 0 Å². The van der Waals surface area contributed by atoms with Crippen LogP contribution in [0, 0.1) is 11.7 Å². The third kappa shape index (κ3) is 2.45. The van der Waals surface area contributed by atoms with Crippen molar-refractivity contribution in [1.29, 1.82) is 0 Å². The summed E-state index contributed by atoms with van der Waals surface area (Å²) in [6, 6.07) is 0. The summed E-state index contributed by atoms with van der Waals surface area (Å²) in [5.74, 6) is 0.803. The summed E-state index contributed by atoms with van der Waals surface area (Å²) in [5.41, 5.74) is 0. The number of hydrogen-bond donors (Lipinski definition) is 0. The van der Waals surface area contributed by atoms with Gasteiger partial charge < -0.3 is 4.90 Å². The standard InChI is InChI=1S/C10H13BrFN3/c1-7-6-15(3-2-9(7)11)10-13-4-8(12)5-14-10/h4-5,7,9H,2-3,6H2,1H3. The molecule has 1 aliphatic rings. The summed E-state index contributed by atoms with van der Waals surface area (Å²) < 4.78 is 12.6. The quantitative estimate of drug-likeness (QED) is 0.735. The van der Waals surface area contributed by atoms with Crippen LogP contribution in [0.25, 0.3) is 0 Å². The topological polar surface area (TPSA) is 29.0 Å². The van der Waals surface area contributed by atoms with Crippen LogP contribution >= 0.6 is 15.9 Å². The molecule has 0 saturated carbocycles. The highest BCUT2D eigenvalue weighted by atomic mass is 79.9. The van der Waals surface area contributed by atoms with Gasteiger partial charge in [0.05, 0.1) is 12.4 Å². The SMILES string of the molecule is CC1CN(c2ncc(F)cn2)CCC1Br. The molecular weight excluding hydrogens is 261 g/mol. The Kier molecular flexibility index (Phi) is 3.19. The van der Waals surface area contributed by atoms with Crippen LogP contribution in [0.15, 0.2) is 12.4 Å². The highest BCUT2D eigenvalue weighted by molar-refractivity contribution is 9.09. The minimum atomic E-state index is -0.387. The highest BCUT2D eigenvalue weighted by Gasteiger charge is 2.25. The summed E-state index contributed by atoms with van der Waals surface area (Å²) in [4.78, 5) is 10.6. The highest BCUT2D eigenvalue weighted by Crippen LogP contribution is 2.25. The van der Waals surface area contributed by atoms with Gasteiger partial charge in [-0.05, 0) is 12.3 Å². The van der Waals surface area contributed by atoms with Crippen molar-refractivity contribution >= 4 is 21.9 Å². The fourth-order valence-corrected chi connectivity index (χ4v) is 2.14. The monoisotopic (exact) mass is 273 g/mol. The van der Waals surface area contributed by atoms with E-state index in [0.717, 1.165) is 19.5 Å². The summed E-state index contributed by atoms with van der Waals surface area (Å²) >= 11 is 3.64. The summed E-state index contributed by atoms with van der Waals surface area (Å²) in [6.45, 7) is 4.03. The Morgan fingerprint density at radius 1 is 1.47 bits per heavy atom. The van der Waals surface area contributed by atoms with Crippen LogP contribution < -0.4 is 4.90 Å². The van der Waals surface area contributed by atoms with Crippen LogP contribution in [0.2, 0.25) is 0 Å². The van der Waals surface area contributed by atoms with Crippen molar-refractivity contribution in [1.82, 2.24) is 9.97 Å². The zero-order valence-electron chi connectivity index (χ0n) is 8.53. The zero-order chi connectivity index (χ0) is 10.8. The Labute approximate surface area is 96.8 Å². The molecule has 1 aliphatic heterocycles. The molecular formula is C10H13BrFN3. The average molecular weight is 274 g/mol. The summed E-state index contributed by atoms with van der Waals surface area (Å²) in [5, 5.41) is 0. The first kappa shape index (κ1) is 10.8. The summed E-state index contributed by atoms with van der Waals surface area (Å²) in [7, 11) is 0. The van der Waals surface area contributed by atoms with E-state index in [-0.39, 0.29) is 5.82 Å². The molecule has 0 bridgehead atoms. The van der Waals surface area contributed by atoms with Gasteiger partial charge in [-0.1, -0.05) is 22.9 Å². The van der Waals surface area contributed by atoms with Gasteiger partial charge in [-0.25, -0.2) is 14.4 Å². The molecule has 0 radical (unpaired) electrons. The van der Waals surface area contributed by atoms with Gasteiger partial charge in [-0.15, -0.1) is 0 Å². The van der Waals surface area contributed by atoms with Gasteiger partial charge in [-0.2, -0.15) is 0 Å². The van der Waals surface area contributed by atoms with Crippen molar-refractivity contribution in [3.63, 3.8) is 0 Å². The van der Waals surface area contributed by atoms with Crippen LogP contribution in [0.4, 0.5) is 10.3 Å². The van der Waals surface area contributed by atoms with E-state index in [0.29, 0.717) is 16.7 Å². The minimum Gasteiger partial charge on any atom is -0.340 e. The second-order valence-corrected chi connectivity index (χ2v) is 5.11. The van der Waals surface area contributed by atoms with Gasteiger partial charge in [0.1, 0.15) is 0 Å². The van der Waals surface area contributed by atoms with Gasteiger partial charge >= 0.3 is 0 Å². The average Bonchev–Trinajstić information content (AvgIpc) is 2.23. The molecule has 0 spiro atoms. The Balaban J connectivity index is 2.08. The molecule has 2 atom stereocenters. The van der Waals surface area contributed by atoms with Crippen molar-refractivity contribution in [2.75, 3.05) is 18.0 Å². The van der Waals surface area contributed by atoms with Crippen molar-refractivity contribution < 1.29 is 4.39 Å². The Bertz CT molecular complexity index is 330. The third-order valence-electron chi connectivity index (χ3n) is 2.69. The number of rotatable bonds is 1. The lowest BCUT2D eigenvalue weighted by Gasteiger charge is -2.34. The lowest BCUT2D eigenvalue weighted by atomic mass is 10.0. The molecule has 1 aromatic heterocycles. The van der Waals surface area contributed by atoms with Crippen molar-refractivity contribution in [2.24, 2.45) is 5.92 Å². The number of halogens is 2. The van der Waals surface area contributed by atoms with Crippen LogP contribution in [0.5, 0.6) is 0 Å². The molecule has 2 unspecified atom stereocenters. The Morgan fingerprint density at radius 3 is 2.73 bits per heavy atom. The van der Waals surface area contributed by atoms with E-state index in [9.17, 15) is 4.39 Å². The lowest BCUT2D eigenvalue weighted by Crippen LogP contribution is -2.40. The first-order valence-electron chi connectivity index (χ1n) is 5.03. The maximum atomic E-state index is 12.6. The van der Waals surface area contributed by atoms with Crippen LogP contribution in [0.1, 0.15) is 13.3 Å². The molecule has 5 heteroatoms. The van der Waals surface area contributed by atoms with Crippen LogP contribution in [0.3, 0.4) is 0 Å². The van der Waals surface area contributed by atoms with E-state index in [1.54, 1.807) is 0 Å². The smallest absolute Gasteiger partial charge is 0.225 e. The van der Waals surface area contributed by atoms with Crippen molar-refractivity contribution in [3.05, 3.63) is 18.2 Å². The molecule has 3 nitrogen and oxygen atoms in total. The van der Waals surface area contributed by atoms with E-state index in [4.69, 9.17) is 0 Å². The number of hydrogen-bond acceptors (Lipinski definition) is 3.